The minimum atomic E-state index is -0.812. The van der Waals surface area contributed by atoms with Gasteiger partial charge in [0, 0.05) is 13.5 Å². The highest BCUT2D eigenvalue weighted by Crippen LogP contribution is 2.27. The van der Waals surface area contributed by atoms with Gasteiger partial charge in [-0.05, 0) is 22.4 Å². The number of nitrogens with zero attached hydrogens (tertiary/aromatic N) is 2. The van der Waals surface area contributed by atoms with Crippen molar-refractivity contribution in [3.8, 4) is 0 Å². The number of hydrogen-bond acceptors (Lipinski definition) is 3. The molecule has 1 aromatic heterocycles. The molecular formula is C9H13BrN2O2. The highest BCUT2D eigenvalue weighted by atomic mass is 79.9. The molecule has 0 amide bonds. The van der Waals surface area contributed by atoms with Gasteiger partial charge in [0.2, 0.25) is 0 Å². The third kappa shape index (κ3) is 2.04. The molecule has 0 spiro atoms. The predicted molar refractivity (Wildman–Crippen MR) is 55.9 cm³/mol. The molecule has 0 saturated heterocycles. The summed E-state index contributed by atoms with van der Waals surface area (Å²) in [6.07, 6.45) is 0.794. The van der Waals surface area contributed by atoms with Gasteiger partial charge in [0.05, 0.1) is 10.2 Å². The lowest BCUT2D eigenvalue weighted by molar-refractivity contribution is -0.109. The molecule has 14 heavy (non-hydrogen) atoms. The van der Waals surface area contributed by atoms with E-state index in [9.17, 15) is 9.90 Å². The van der Waals surface area contributed by atoms with Crippen molar-refractivity contribution in [3.05, 3.63) is 15.9 Å². The Morgan fingerprint density at radius 1 is 1.71 bits per heavy atom. The maximum atomic E-state index is 10.3. The van der Waals surface area contributed by atoms with Crippen molar-refractivity contribution in [1.82, 2.24) is 9.78 Å². The van der Waals surface area contributed by atoms with Gasteiger partial charge in [-0.1, -0.05) is 6.92 Å². The summed E-state index contributed by atoms with van der Waals surface area (Å²) in [7, 11) is 1.82. The number of carbonyl (C=O) groups excluding carboxylic acids is 1. The summed E-state index contributed by atoms with van der Waals surface area (Å²) in [5.74, 6) is 0. The zero-order valence-corrected chi connectivity index (χ0v) is 9.78. The summed E-state index contributed by atoms with van der Waals surface area (Å²) < 4.78 is 2.52. The molecule has 0 aromatic carbocycles. The molecule has 0 bridgehead atoms. The molecule has 0 radical (unpaired) electrons. The van der Waals surface area contributed by atoms with Crippen LogP contribution in [0.25, 0.3) is 0 Å². The van der Waals surface area contributed by atoms with E-state index in [1.54, 1.807) is 4.68 Å². The number of halogens is 1. The zero-order valence-electron chi connectivity index (χ0n) is 8.20. The standard InChI is InChI=1S/C9H13BrN2O2/c1-3-6-8(10)9(11-12(6)2)7(14)4-5-13/h5,7,14H,3-4H2,1-2H3. The van der Waals surface area contributed by atoms with E-state index < -0.39 is 6.10 Å². The molecule has 1 unspecified atom stereocenters. The van der Waals surface area contributed by atoms with Crippen LogP contribution < -0.4 is 0 Å². The van der Waals surface area contributed by atoms with E-state index in [2.05, 4.69) is 21.0 Å². The smallest absolute Gasteiger partial charge is 0.122 e. The molecule has 0 aliphatic rings. The summed E-state index contributed by atoms with van der Waals surface area (Å²) in [6, 6.07) is 0. The molecule has 1 aromatic rings. The van der Waals surface area contributed by atoms with Crippen molar-refractivity contribution in [2.75, 3.05) is 0 Å². The van der Waals surface area contributed by atoms with Crippen LogP contribution in [-0.2, 0) is 18.3 Å². The largest absolute Gasteiger partial charge is 0.386 e. The van der Waals surface area contributed by atoms with Gasteiger partial charge in [0.15, 0.2) is 0 Å². The topological polar surface area (TPSA) is 55.1 Å². The summed E-state index contributed by atoms with van der Waals surface area (Å²) >= 11 is 3.37. The first kappa shape index (κ1) is 11.4. The maximum absolute atomic E-state index is 10.3. The SMILES string of the molecule is CCc1c(Br)c(C(O)CC=O)nn1C. The molecule has 5 heteroatoms. The number of carbonyl (C=O) groups is 1. The Balaban J connectivity index is 3.03. The van der Waals surface area contributed by atoms with E-state index in [0.717, 1.165) is 16.6 Å². The molecule has 1 atom stereocenters. The normalized spacial score (nSPS) is 12.9. The molecule has 0 fully saturated rings. The summed E-state index contributed by atoms with van der Waals surface area (Å²) in [4.78, 5) is 10.3. The average molecular weight is 261 g/mol. The number of aldehydes is 1. The van der Waals surface area contributed by atoms with E-state index in [-0.39, 0.29) is 6.42 Å². The molecule has 78 valence electrons. The fourth-order valence-electron chi connectivity index (χ4n) is 1.36. The van der Waals surface area contributed by atoms with Crippen molar-refractivity contribution in [1.29, 1.82) is 0 Å². The summed E-state index contributed by atoms with van der Waals surface area (Å²) in [5, 5.41) is 13.8. The number of hydrogen-bond donors (Lipinski definition) is 1. The van der Waals surface area contributed by atoms with Gasteiger partial charge in [0.1, 0.15) is 18.1 Å². The number of aromatic nitrogens is 2. The Kier molecular flexibility index (Phi) is 3.83. The molecular weight excluding hydrogens is 248 g/mol. The highest BCUT2D eigenvalue weighted by Gasteiger charge is 2.18. The van der Waals surface area contributed by atoms with Gasteiger partial charge in [-0.25, -0.2) is 0 Å². The van der Waals surface area contributed by atoms with Crippen molar-refractivity contribution < 1.29 is 9.90 Å². The minimum absolute atomic E-state index is 0.0821. The number of aliphatic hydroxyl groups is 1. The number of aryl methyl sites for hydroxylation is 1. The Bertz CT molecular complexity index is 336. The quantitative estimate of drug-likeness (QED) is 0.833. The molecule has 0 saturated carbocycles. The zero-order chi connectivity index (χ0) is 10.7. The third-order valence-electron chi connectivity index (χ3n) is 2.10. The van der Waals surface area contributed by atoms with Crippen LogP contribution in [0, 0.1) is 0 Å². The molecule has 1 heterocycles. The van der Waals surface area contributed by atoms with Crippen LogP contribution in [0.3, 0.4) is 0 Å². The molecule has 1 rings (SSSR count). The van der Waals surface area contributed by atoms with Crippen LogP contribution in [0.5, 0.6) is 0 Å². The Morgan fingerprint density at radius 2 is 2.36 bits per heavy atom. The van der Waals surface area contributed by atoms with Gasteiger partial charge in [-0.2, -0.15) is 5.10 Å². The summed E-state index contributed by atoms with van der Waals surface area (Å²) in [6.45, 7) is 2.01. The first-order valence-electron chi connectivity index (χ1n) is 4.44. The Labute approximate surface area is 91.1 Å². The second-order valence-corrected chi connectivity index (χ2v) is 3.83. The monoisotopic (exact) mass is 260 g/mol. The molecule has 0 aliphatic carbocycles. The van der Waals surface area contributed by atoms with E-state index in [4.69, 9.17) is 0 Å². The van der Waals surface area contributed by atoms with Gasteiger partial charge in [-0.15, -0.1) is 0 Å². The van der Waals surface area contributed by atoms with Crippen molar-refractivity contribution >= 4 is 22.2 Å². The predicted octanol–water partition coefficient (Wildman–Crippen LogP) is 1.37. The van der Waals surface area contributed by atoms with Crippen LogP contribution in [0.2, 0.25) is 0 Å². The van der Waals surface area contributed by atoms with E-state index in [0.29, 0.717) is 12.0 Å². The van der Waals surface area contributed by atoms with Crippen molar-refractivity contribution in [3.63, 3.8) is 0 Å². The Morgan fingerprint density at radius 3 is 2.79 bits per heavy atom. The third-order valence-corrected chi connectivity index (χ3v) is 2.96. The van der Waals surface area contributed by atoms with E-state index in [1.807, 2.05) is 14.0 Å². The lowest BCUT2D eigenvalue weighted by Crippen LogP contribution is -2.01. The van der Waals surface area contributed by atoms with E-state index in [1.165, 1.54) is 0 Å². The molecule has 1 N–H and O–H groups in total. The van der Waals surface area contributed by atoms with Gasteiger partial charge >= 0.3 is 0 Å². The second kappa shape index (κ2) is 4.70. The minimum Gasteiger partial charge on any atom is -0.386 e. The first-order chi connectivity index (χ1) is 6.61. The fraction of sp³-hybridized carbons (Fsp3) is 0.556. The average Bonchev–Trinajstić information content (AvgIpc) is 2.42. The highest BCUT2D eigenvalue weighted by molar-refractivity contribution is 9.10. The van der Waals surface area contributed by atoms with Gasteiger partial charge in [-0.3, -0.25) is 4.68 Å². The Hall–Kier alpha value is -0.680. The van der Waals surface area contributed by atoms with Gasteiger partial charge in [0.25, 0.3) is 0 Å². The van der Waals surface area contributed by atoms with Crippen molar-refractivity contribution in [2.45, 2.75) is 25.9 Å². The first-order valence-corrected chi connectivity index (χ1v) is 5.24. The number of rotatable bonds is 4. The van der Waals surface area contributed by atoms with Crippen LogP contribution >= 0.6 is 15.9 Å². The lowest BCUT2D eigenvalue weighted by atomic mass is 10.2. The van der Waals surface area contributed by atoms with Crippen LogP contribution in [0.4, 0.5) is 0 Å². The van der Waals surface area contributed by atoms with Crippen LogP contribution in [0.15, 0.2) is 4.47 Å². The van der Waals surface area contributed by atoms with Crippen LogP contribution in [-0.4, -0.2) is 21.2 Å². The van der Waals surface area contributed by atoms with Crippen LogP contribution in [0.1, 0.15) is 30.8 Å². The summed E-state index contributed by atoms with van der Waals surface area (Å²) in [5.41, 5.74) is 1.56. The molecule has 4 nitrogen and oxygen atoms in total. The van der Waals surface area contributed by atoms with Crippen molar-refractivity contribution in [2.24, 2.45) is 7.05 Å². The maximum Gasteiger partial charge on any atom is 0.122 e. The van der Waals surface area contributed by atoms with E-state index >= 15 is 0 Å². The fourth-order valence-corrected chi connectivity index (χ4v) is 2.24. The lowest BCUT2D eigenvalue weighted by Gasteiger charge is -2.02. The second-order valence-electron chi connectivity index (χ2n) is 3.04. The van der Waals surface area contributed by atoms with Gasteiger partial charge < -0.3 is 9.90 Å². The molecule has 0 aliphatic heterocycles. The number of aliphatic hydroxyl groups excluding tert-OH is 1.